The Bertz CT molecular complexity index is 705. The van der Waals surface area contributed by atoms with Gasteiger partial charge < -0.3 is 4.74 Å². The number of anilines is 1. The summed E-state index contributed by atoms with van der Waals surface area (Å²) in [5.74, 6) is -0.245. The lowest BCUT2D eigenvalue weighted by Gasteiger charge is -2.11. The van der Waals surface area contributed by atoms with E-state index in [0.29, 0.717) is 0 Å². The monoisotopic (exact) mass is 349 g/mol. The molecule has 0 bridgehead atoms. The van der Waals surface area contributed by atoms with E-state index < -0.39 is 17.8 Å². The zero-order chi connectivity index (χ0) is 16.3. The second kappa shape index (κ2) is 6.46. The number of hydrogen-bond acceptors (Lipinski definition) is 2. The molecule has 0 atom stereocenters. The molecule has 1 amide bonds. The lowest BCUT2D eigenvalue weighted by Crippen LogP contribution is -2.17. The fourth-order valence-corrected chi connectivity index (χ4v) is 1.93. The molecule has 0 aliphatic rings. The van der Waals surface area contributed by atoms with E-state index in [1.807, 2.05) is 0 Å². The van der Waals surface area contributed by atoms with Gasteiger partial charge in [-0.3, -0.25) is 5.32 Å². The standard InChI is InChI=1S/C14H8Cl2F3NO2/c15-10-5-2-6-11(12(10)16)20-13(21)22-9-4-1-3-8(7-9)14(17,18)19/h1-7H,(H,20,21). The van der Waals surface area contributed by atoms with Crippen LogP contribution in [-0.2, 0) is 6.18 Å². The molecule has 0 heterocycles. The maximum absolute atomic E-state index is 12.6. The van der Waals surface area contributed by atoms with E-state index in [1.54, 1.807) is 6.07 Å². The molecule has 0 radical (unpaired) electrons. The lowest BCUT2D eigenvalue weighted by atomic mass is 10.2. The van der Waals surface area contributed by atoms with Gasteiger partial charge in [0.15, 0.2) is 0 Å². The second-order valence-electron chi connectivity index (χ2n) is 4.14. The van der Waals surface area contributed by atoms with Crippen molar-refractivity contribution in [1.82, 2.24) is 0 Å². The Morgan fingerprint density at radius 3 is 2.45 bits per heavy atom. The van der Waals surface area contributed by atoms with Crippen LogP contribution in [0.1, 0.15) is 5.56 Å². The van der Waals surface area contributed by atoms with Crippen molar-refractivity contribution in [2.24, 2.45) is 0 Å². The van der Waals surface area contributed by atoms with Crippen LogP contribution in [0.3, 0.4) is 0 Å². The number of halogens is 5. The van der Waals surface area contributed by atoms with Gasteiger partial charge in [-0.25, -0.2) is 4.79 Å². The first-order valence-electron chi connectivity index (χ1n) is 5.87. The number of amides is 1. The van der Waals surface area contributed by atoms with E-state index in [0.717, 1.165) is 18.2 Å². The largest absolute Gasteiger partial charge is 0.417 e. The Kier molecular flexibility index (Phi) is 4.83. The van der Waals surface area contributed by atoms with Crippen LogP contribution in [-0.4, -0.2) is 6.09 Å². The predicted octanol–water partition coefficient (Wildman–Crippen LogP) is 5.62. The zero-order valence-electron chi connectivity index (χ0n) is 10.7. The van der Waals surface area contributed by atoms with Crippen LogP contribution in [0.15, 0.2) is 42.5 Å². The van der Waals surface area contributed by atoms with Gasteiger partial charge in [0.25, 0.3) is 0 Å². The summed E-state index contributed by atoms with van der Waals surface area (Å²) in [6.07, 6.45) is -5.50. The van der Waals surface area contributed by atoms with Gasteiger partial charge >= 0.3 is 12.3 Å². The highest BCUT2D eigenvalue weighted by atomic mass is 35.5. The number of nitrogens with one attached hydrogen (secondary N) is 1. The third-order valence-electron chi connectivity index (χ3n) is 2.56. The van der Waals surface area contributed by atoms with Crippen LogP contribution in [0, 0.1) is 0 Å². The Morgan fingerprint density at radius 1 is 1.09 bits per heavy atom. The molecule has 0 aliphatic carbocycles. The average Bonchev–Trinajstić information content (AvgIpc) is 2.43. The smallest absolute Gasteiger partial charge is 0.410 e. The highest BCUT2D eigenvalue weighted by Gasteiger charge is 2.30. The van der Waals surface area contributed by atoms with E-state index in [9.17, 15) is 18.0 Å². The Labute approximate surface area is 133 Å². The van der Waals surface area contributed by atoms with Gasteiger partial charge in [-0.1, -0.05) is 35.3 Å². The number of rotatable bonds is 2. The third-order valence-corrected chi connectivity index (χ3v) is 3.38. The van der Waals surface area contributed by atoms with Gasteiger partial charge in [0.1, 0.15) is 5.75 Å². The highest BCUT2D eigenvalue weighted by molar-refractivity contribution is 6.43. The van der Waals surface area contributed by atoms with E-state index in [1.165, 1.54) is 18.2 Å². The van der Waals surface area contributed by atoms with Crippen LogP contribution in [0.4, 0.5) is 23.7 Å². The number of hydrogen-bond donors (Lipinski definition) is 1. The van der Waals surface area contributed by atoms with Crippen molar-refractivity contribution in [2.75, 3.05) is 5.32 Å². The van der Waals surface area contributed by atoms with Crippen LogP contribution >= 0.6 is 23.2 Å². The molecule has 3 nitrogen and oxygen atoms in total. The molecule has 0 fully saturated rings. The normalized spacial score (nSPS) is 11.1. The van der Waals surface area contributed by atoms with E-state index in [2.05, 4.69) is 5.32 Å². The molecule has 0 saturated heterocycles. The Hall–Kier alpha value is -1.92. The first-order valence-corrected chi connectivity index (χ1v) is 6.63. The van der Waals surface area contributed by atoms with Crippen molar-refractivity contribution in [3.8, 4) is 5.75 Å². The summed E-state index contributed by atoms with van der Waals surface area (Å²) in [5.41, 5.74) is -0.732. The Balaban J connectivity index is 2.11. The van der Waals surface area contributed by atoms with Gasteiger partial charge in [-0.15, -0.1) is 0 Å². The molecule has 1 N–H and O–H groups in total. The van der Waals surface area contributed by atoms with Gasteiger partial charge in [0.2, 0.25) is 0 Å². The summed E-state index contributed by atoms with van der Waals surface area (Å²) < 4.78 is 42.5. The minimum atomic E-state index is -4.52. The fourth-order valence-electron chi connectivity index (χ4n) is 1.58. The van der Waals surface area contributed by atoms with Gasteiger partial charge in [-0.2, -0.15) is 13.2 Å². The average molecular weight is 350 g/mol. The SMILES string of the molecule is O=C(Nc1cccc(Cl)c1Cl)Oc1cccc(C(F)(F)F)c1. The number of alkyl halides is 3. The summed E-state index contributed by atoms with van der Waals surface area (Å²) >= 11 is 11.7. The van der Waals surface area contributed by atoms with E-state index in [-0.39, 0.29) is 21.5 Å². The highest BCUT2D eigenvalue weighted by Crippen LogP contribution is 2.32. The maximum Gasteiger partial charge on any atom is 0.417 e. The van der Waals surface area contributed by atoms with Crippen molar-refractivity contribution in [3.63, 3.8) is 0 Å². The fraction of sp³-hybridized carbons (Fsp3) is 0.0714. The van der Waals surface area contributed by atoms with Crippen molar-refractivity contribution >= 4 is 35.0 Å². The molecule has 0 aromatic heterocycles. The molecular weight excluding hydrogens is 342 g/mol. The van der Waals surface area contributed by atoms with Gasteiger partial charge in [0, 0.05) is 0 Å². The Morgan fingerprint density at radius 2 is 1.77 bits per heavy atom. The molecule has 2 aromatic carbocycles. The van der Waals surface area contributed by atoms with Crippen LogP contribution in [0.2, 0.25) is 10.0 Å². The quantitative estimate of drug-likeness (QED) is 0.763. The minimum absolute atomic E-state index is 0.102. The summed E-state index contributed by atoms with van der Waals surface area (Å²) in [6.45, 7) is 0. The summed E-state index contributed by atoms with van der Waals surface area (Å²) in [7, 11) is 0. The second-order valence-corrected chi connectivity index (χ2v) is 4.93. The third kappa shape index (κ3) is 4.05. The molecule has 2 rings (SSSR count). The number of ether oxygens (including phenoxy) is 1. The molecule has 116 valence electrons. The molecule has 22 heavy (non-hydrogen) atoms. The summed E-state index contributed by atoms with van der Waals surface area (Å²) in [5, 5.41) is 2.62. The predicted molar refractivity (Wildman–Crippen MR) is 77.6 cm³/mol. The van der Waals surface area contributed by atoms with Crippen LogP contribution in [0.5, 0.6) is 5.75 Å². The molecular formula is C14H8Cl2F3NO2. The molecule has 0 spiro atoms. The van der Waals surface area contributed by atoms with Crippen molar-refractivity contribution in [1.29, 1.82) is 0 Å². The summed E-state index contributed by atoms with van der Waals surface area (Å²) in [6, 6.07) is 8.51. The molecule has 2 aromatic rings. The van der Waals surface area contributed by atoms with Crippen molar-refractivity contribution < 1.29 is 22.7 Å². The zero-order valence-corrected chi connectivity index (χ0v) is 12.3. The van der Waals surface area contributed by atoms with E-state index >= 15 is 0 Å². The van der Waals surface area contributed by atoms with E-state index in [4.69, 9.17) is 27.9 Å². The van der Waals surface area contributed by atoms with Gasteiger partial charge in [-0.05, 0) is 30.3 Å². The van der Waals surface area contributed by atoms with Gasteiger partial charge in [0.05, 0.1) is 21.3 Å². The first kappa shape index (κ1) is 16.5. The molecule has 0 saturated carbocycles. The molecule has 8 heteroatoms. The van der Waals surface area contributed by atoms with Crippen LogP contribution in [0.25, 0.3) is 0 Å². The first-order chi connectivity index (χ1) is 10.3. The number of carbonyl (C=O) groups excluding carboxylic acids is 1. The van der Waals surface area contributed by atoms with Crippen LogP contribution < -0.4 is 10.1 Å². The minimum Gasteiger partial charge on any atom is -0.410 e. The lowest BCUT2D eigenvalue weighted by molar-refractivity contribution is -0.137. The molecule has 0 aliphatic heterocycles. The van der Waals surface area contributed by atoms with Crippen molar-refractivity contribution in [2.45, 2.75) is 6.18 Å². The number of carbonyl (C=O) groups is 1. The maximum atomic E-state index is 12.6. The van der Waals surface area contributed by atoms with Crippen molar-refractivity contribution in [3.05, 3.63) is 58.1 Å². The molecule has 0 unspecified atom stereocenters. The topological polar surface area (TPSA) is 38.3 Å². The summed E-state index contributed by atoms with van der Waals surface area (Å²) in [4.78, 5) is 11.7. The number of benzene rings is 2.